The van der Waals surface area contributed by atoms with Crippen molar-refractivity contribution in [3.63, 3.8) is 0 Å². The molecule has 0 aliphatic carbocycles. The van der Waals surface area contributed by atoms with E-state index in [2.05, 4.69) is 64.2 Å². The van der Waals surface area contributed by atoms with Crippen molar-refractivity contribution in [2.75, 3.05) is 13.2 Å². The van der Waals surface area contributed by atoms with Crippen LogP contribution in [0.2, 0.25) is 0 Å². The average Bonchev–Trinajstić information content (AvgIpc) is 2.71. The summed E-state index contributed by atoms with van der Waals surface area (Å²) in [5.74, 6) is 0. The van der Waals surface area contributed by atoms with Gasteiger partial charge in [-0.1, -0.05) is 89.1 Å². The van der Waals surface area contributed by atoms with Crippen LogP contribution in [0.4, 0.5) is 0 Å². The maximum Gasteiger partial charge on any atom is 0.414 e. The molecular weight excluding hydrogens is 388 g/mol. The summed E-state index contributed by atoms with van der Waals surface area (Å²) in [5.41, 5.74) is -1.48. The average molecular weight is 437 g/mol. The number of hydrogen-bond acceptors (Lipinski definition) is 4. The monoisotopic (exact) mass is 436 g/mol. The minimum atomic E-state index is -1.64. The Kier molecular flexibility index (Phi) is 15.8. The summed E-state index contributed by atoms with van der Waals surface area (Å²) in [4.78, 5) is 0. The SMILES string of the molecule is CC/C=C/C(C)(/C=C/CCC)OC(OCC)(OCC)OC(C)(/C=C/CC)/C=C/CCC. The van der Waals surface area contributed by atoms with Gasteiger partial charge in [0.05, 0.1) is 13.2 Å². The lowest BCUT2D eigenvalue weighted by atomic mass is 10.0. The van der Waals surface area contributed by atoms with Crippen LogP contribution in [0.25, 0.3) is 0 Å². The summed E-state index contributed by atoms with van der Waals surface area (Å²) in [6, 6.07) is 0. The van der Waals surface area contributed by atoms with E-state index in [9.17, 15) is 0 Å². The van der Waals surface area contributed by atoms with E-state index < -0.39 is 17.4 Å². The third-order valence-electron chi connectivity index (χ3n) is 4.51. The molecule has 0 saturated heterocycles. The van der Waals surface area contributed by atoms with Crippen LogP contribution in [0, 0.1) is 0 Å². The summed E-state index contributed by atoms with van der Waals surface area (Å²) in [6.45, 7) is 17.1. The first-order valence-electron chi connectivity index (χ1n) is 12.2. The standard InChI is InChI=1S/C27H48O4/c1-9-15-19-23-25(7,21-17-11-3)30-27(28-13-5,29-14-6)31-26(8,22-18-12-4)24-20-16-10-2/h17-24H,9-16H2,1-8H3/b21-17+,22-18+,23-19+,24-20+. The minimum Gasteiger partial charge on any atom is -0.304 e. The van der Waals surface area contributed by atoms with Crippen molar-refractivity contribution >= 4 is 0 Å². The fraction of sp³-hybridized carbons (Fsp3) is 0.704. The van der Waals surface area contributed by atoms with Crippen molar-refractivity contribution in [1.82, 2.24) is 0 Å². The molecule has 0 N–H and O–H groups in total. The summed E-state index contributed by atoms with van der Waals surface area (Å²) in [6.07, 6.45) is 21.0. The van der Waals surface area contributed by atoms with Crippen molar-refractivity contribution in [3.05, 3.63) is 48.6 Å². The van der Waals surface area contributed by atoms with Gasteiger partial charge in [0.25, 0.3) is 0 Å². The van der Waals surface area contributed by atoms with Crippen molar-refractivity contribution in [1.29, 1.82) is 0 Å². The third kappa shape index (κ3) is 12.4. The van der Waals surface area contributed by atoms with Gasteiger partial charge in [0.2, 0.25) is 0 Å². The molecule has 0 heterocycles. The van der Waals surface area contributed by atoms with Crippen molar-refractivity contribution in [2.45, 2.75) is 111 Å². The van der Waals surface area contributed by atoms with Gasteiger partial charge in [-0.05, 0) is 53.4 Å². The molecule has 4 heteroatoms. The Morgan fingerprint density at radius 3 is 1.19 bits per heavy atom. The minimum absolute atomic E-state index is 0.387. The highest BCUT2D eigenvalue weighted by molar-refractivity contribution is 5.15. The summed E-state index contributed by atoms with van der Waals surface area (Å²) < 4.78 is 25.1. The molecule has 31 heavy (non-hydrogen) atoms. The molecule has 0 aromatic carbocycles. The van der Waals surface area contributed by atoms with Crippen molar-refractivity contribution < 1.29 is 18.9 Å². The van der Waals surface area contributed by atoms with Gasteiger partial charge >= 0.3 is 6.16 Å². The zero-order valence-electron chi connectivity index (χ0n) is 21.4. The molecule has 0 bridgehead atoms. The lowest BCUT2D eigenvalue weighted by Crippen LogP contribution is -2.52. The van der Waals surface area contributed by atoms with E-state index in [0.29, 0.717) is 13.2 Å². The summed E-state index contributed by atoms with van der Waals surface area (Å²) in [5, 5.41) is 0. The Labute approximate surface area is 192 Å². The first-order chi connectivity index (χ1) is 14.8. The van der Waals surface area contributed by atoms with Gasteiger partial charge in [-0.25, -0.2) is 0 Å². The van der Waals surface area contributed by atoms with E-state index in [1.165, 1.54) is 0 Å². The Morgan fingerprint density at radius 2 is 0.903 bits per heavy atom. The highest BCUT2D eigenvalue weighted by Crippen LogP contribution is 2.33. The molecule has 2 unspecified atom stereocenters. The number of hydrogen-bond donors (Lipinski definition) is 0. The molecule has 0 spiro atoms. The van der Waals surface area contributed by atoms with Crippen LogP contribution in [-0.2, 0) is 18.9 Å². The number of rotatable bonds is 18. The second-order valence-corrected chi connectivity index (χ2v) is 7.94. The molecule has 0 radical (unpaired) electrons. The lowest BCUT2D eigenvalue weighted by molar-refractivity contribution is -0.521. The van der Waals surface area contributed by atoms with Crippen molar-refractivity contribution in [3.8, 4) is 0 Å². The second kappa shape index (κ2) is 16.4. The molecule has 0 rings (SSSR count). The van der Waals surface area contributed by atoms with Crippen LogP contribution in [0.1, 0.15) is 93.9 Å². The largest absolute Gasteiger partial charge is 0.414 e. The smallest absolute Gasteiger partial charge is 0.304 e. The maximum atomic E-state index is 6.53. The number of ether oxygens (including phenoxy) is 4. The molecule has 0 fully saturated rings. The zero-order valence-corrected chi connectivity index (χ0v) is 21.4. The fourth-order valence-corrected chi connectivity index (χ4v) is 2.99. The van der Waals surface area contributed by atoms with Crippen LogP contribution in [0.3, 0.4) is 0 Å². The Hall–Kier alpha value is -1.20. The van der Waals surface area contributed by atoms with E-state index in [4.69, 9.17) is 18.9 Å². The van der Waals surface area contributed by atoms with E-state index in [1.807, 2.05) is 39.8 Å². The van der Waals surface area contributed by atoms with E-state index in [0.717, 1.165) is 38.5 Å². The quantitative estimate of drug-likeness (QED) is 0.162. The molecule has 0 aromatic heterocycles. The van der Waals surface area contributed by atoms with E-state index >= 15 is 0 Å². The van der Waals surface area contributed by atoms with Gasteiger partial charge in [-0.2, -0.15) is 0 Å². The molecular formula is C27H48O4. The van der Waals surface area contributed by atoms with Gasteiger partial charge < -0.3 is 9.47 Å². The van der Waals surface area contributed by atoms with Gasteiger partial charge in [0.15, 0.2) is 0 Å². The van der Waals surface area contributed by atoms with Crippen LogP contribution in [0.15, 0.2) is 48.6 Å². The lowest BCUT2D eigenvalue weighted by Gasteiger charge is -2.41. The van der Waals surface area contributed by atoms with Crippen LogP contribution in [0.5, 0.6) is 0 Å². The Morgan fingerprint density at radius 1 is 0.548 bits per heavy atom. The highest BCUT2D eigenvalue weighted by atomic mass is 17.0. The molecule has 0 saturated carbocycles. The molecule has 0 amide bonds. The molecule has 180 valence electrons. The molecule has 2 atom stereocenters. The Balaban J connectivity index is 6.21. The fourth-order valence-electron chi connectivity index (χ4n) is 2.99. The van der Waals surface area contributed by atoms with Crippen molar-refractivity contribution in [2.24, 2.45) is 0 Å². The summed E-state index contributed by atoms with van der Waals surface area (Å²) in [7, 11) is 0. The van der Waals surface area contributed by atoms with Crippen LogP contribution >= 0.6 is 0 Å². The third-order valence-corrected chi connectivity index (χ3v) is 4.51. The first kappa shape index (κ1) is 29.8. The van der Waals surface area contributed by atoms with Gasteiger partial charge in [0.1, 0.15) is 11.2 Å². The predicted molar refractivity (Wildman–Crippen MR) is 132 cm³/mol. The Bertz CT molecular complexity index is 514. The molecule has 0 aromatic rings. The second-order valence-electron chi connectivity index (χ2n) is 7.94. The van der Waals surface area contributed by atoms with Gasteiger partial charge in [-0.15, -0.1) is 0 Å². The summed E-state index contributed by atoms with van der Waals surface area (Å²) >= 11 is 0. The number of unbranched alkanes of at least 4 members (excludes halogenated alkanes) is 2. The molecule has 4 nitrogen and oxygen atoms in total. The van der Waals surface area contributed by atoms with Crippen LogP contribution < -0.4 is 0 Å². The maximum absolute atomic E-state index is 6.53. The van der Waals surface area contributed by atoms with Gasteiger partial charge in [0, 0.05) is 0 Å². The van der Waals surface area contributed by atoms with E-state index in [1.54, 1.807) is 0 Å². The zero-order chi connectivity index (χ0) is 23.6. The van der Waals surface area contributed by atoms with E-state index in [-0.39, 0.29) is 0 Å². The predicted octanol–water partition coefficient (Wildman–Crippen LogP) is 7.87. The first-order valence-corrected chi connectivity index (χ1v) is 12.2. The molecule has 0 aliphatic rings. The normalized spacial score (nSPS) is 17.3. The van der Waals surface area contributed by atoms with Gasteiger partial charge in [-0.3, -0.25) is 9.47 Å². The number of allylic oxidation sites excluding steroid dienone is 4. The van der Waals surface area contributed by atoms with Crippen LogP contribution in [-0.4, -0.2) is 30.6 Å². The topological polar surface area (TPSA) is 36.9 Å². The highest BCUT2D eigenvalue weighted by Gasteiger charge is 2.45. The molecule has 0 aliphatic heterocycles.